The Morgan fingerprint density at radius 3 is 2.66 bits per heavy atom. The van der Waals surface area contributed by atoms with Crippen LogP contribution in [0.1, 0.15) is 58.8 Å². The number of carbonyl (C=O) groups excluding carboxylic acids is 2. The quantitative estimate of drug-likeness (QED) is 0.752. The van der Waals surface area contributed by atoms with Gasteiger partial charge in [0.15, 0.2) is 5.78 Å². The lowest BCUT2D eigenvalue weighted by Crippen LogP contribution is -2.39. The molecule has 5 nitrogen and oxygen atoms in total. The van der Waals surface area contributed by atoms with E-state index in [2.05, 4.69) is 19.2 Å². The van der Waals surface area contributed by atoms with Gasteiger partial charge in [0.2, 0.25) is 5.91 Å². The Bertz CT molecular complexity index is 970. The standard InChI is InChI=1S/C24H28N2O3/c1-15(2)12-21(28)26-18-9-6-5-8-16(18)25-17-13-24(3,4)14-19(27)22(17)23(26)20-10-7-11-29-20/h5-11,15,23,25H,12-14H2,1-4H3/t23-/m1/s1. The first-order valence-electron chi connectivity index (χ1n) is 10.2. The predicted molar refractivity (Wildman–Crippen MR) is 114 cm³/mol. The molecular formula is C24H28N2O3. The van der Waals surface area contributed by atoms with E-state index in [0.29, 0.717) is 24.2 Å². The molecule has 0 unspecified atom stereocenters. The van der Waals surface area contributed by atoms with Gasteiger partial charge in [-0.25, -0.2) is 0 Å². The van der Waals surface area contributed by atoms with Crippen LogP contribution in [0.5, 0.6) is 0 Å². The maximum Gasteiger partial charge on any atom is 0.228 e. The smallest absolute Gasteiger partial charge is 0.228 e. The van der Waals surface area contributed by atoms with Gasteiger partial charge in [-0.1, -0.05) is 39.8 Å². The Labute approximate surface area is 171 Å². The summed E-state index contributed by atoms with van der Waals surface area (Å²) in [6.07, 6.45) is 3.19. The third-order valence-corrected chi connectivity index (χ3v) is 5.56. The van der Waals surface area contributed by atoms with Crippen LogP contribution in [0.4, 0.5) is 11.4 Å². The highest BCUT2D eigenvalue weighted by atomic mass is 16.3. The molecule has 4 rings (SSSR count). The average molecular weight is 392 g/mol. The van der Waals surface area contributed by atoms with Gasteiger partial charge in [0.25, 0.3) is 0 Å². The summed E-state index contributed by atoms with van der Waals surface area (Å²) in [5.74, 6) is 0.876. The van der Waals surface area contributed by atoms with E-state index in [1.807, 2.05) is 50.2 Å². The van der Waals surface area contributed by atoms with Crippen LogP contribution in [0.2, 0.25) is 0 Å². The summed E-state index contributed by atoms with van der Waals surface area (Å²) in [6.45, 7) is 8.27. The molecule has 0 saturated carbocycles. The molecule has 1 N–H and O–H groups in total. The number of furan rings is 1. The Kier molecular flexibility index (Phi) is 4.85. The van der Waals surface area contributed by atoms with Crippen LogP contribution in [-0.4, -0.2) is 11.7 Å². The molecule has 29 heavy (non-hydrogen) atoms. The van der Waals surface area contributed by atoms with E-state index in [-0.39, 0.29) is 23.0 Å². The van der Waals surface area contributed by atoms with Crippen LogP contribution in [0.15, 0.2) is 58.3 Å². The lowest BCUT2D eigenvalue weighted by molar-refractivity contribution is -0.120. The van der Waals surface area contributed by atoms with Crippen molar-refractivity contribution in [3.63, 3.8) is 0 Å². The summed E-state index contributed by atoms with van der Waals surface area (Å²) in [7, 11) is 0. The molecule has 0 spiro atoms. The number of benzene rings is 1. The van der Waals surface area contributed by atoms with Gasteiger partial charge in [-0.2, -0.15) is 0 Å². The zero-order valence-electron chi connectivity index (χ0n) is 17.5. The first-order valence-corrected chi connectivity index (χ1v) is 10.2. The number of para-hydroxylation sites is 2. The number of nitrogens with one attached hydrogen (secondary N) is 1. The summed E-state index contributed by atoms with van der Waals surface area (Å²) in [5.41, 5.74) is 3.02. The Morgan fingerprint density at radius 1 is 1.21 bits per heavy atom. The molecule has 0 saturated heterocycles. The fourth-order valence-electron chi connectivity index (χ4n) is 4.43. The predicted octanol–water partition coefficient (Wildman–Crippen LogP) is 5.47. The zero-order valence-corrected chi connectivity index (χ0v) is 17.5. The molecular weight excluding hydrogens is 364 g/mol. The monoisotopic (exact) mass is 392 g/mol. The lowest BCUT2D eigenvalue weighted by Gasteiger charge is -2.36. The minimum atomic E-state index is -0.564. The van der Waals surface area contributed by atoms with E-state index in [9.17, 15) is 9.59 Å². The second-order valence-corrected chi connectivity index (χ2v) is 9.25. The van der Waals surface area contributed by atoms with Crippen molar-refractivity contribution in [2.75, 3.05) is 10.2 Å². The van der Waals surface area contributed by atoms with Gasteiger partial charge in [0.1, 0.15) is 11.8 Å². The number of ketones is 1. The molecule has 2 heterocycles. The number of allylic oxidation sites excluding steroid dienone is 1. The van der Waals surface area contributed by atoms with E-state index in [1.54, 1.807) is 11.2 Å². The summed E-state index contributed by atoms with van der Waals surface area (Å²) >= 11 is 0. The molecule has 5 heteroatoms. The van der Waals surface area contributed by atoms with Gasteiger partial charge in [-0.05, 0) is 42.0 Å². The Balaban J connectivity index is 1.96. The van der Waals surface area contributed by atoms with Crippen molar-refractivity contribution in [1.29, 1.82) is 0 Å². The number of fused-ring (bicyclic) bond motifs is 1. The largest absolute Gasteiger partial charge is 0.467 e. The first kappa shape index (κ1) is 19.5. The highest BCUT2D eigenvalue weighted by molar-refractivity contribution is 6.06. The van der Waals surface area contributed by atoms with Crippen molar-refractivity contribution in [3.8, 4) is 0 Å². The Morgan fingerprint density at radius 2 is 1.97 bits per heavy atom. The molecule has 152 valence electrons. The third kappa shape index (κ3) is 3.61. The van der Waals surface area contributed by atoms with Gasteiger partial charge in [-0.3, -0.25) is 14.5 Å². The second kappa shape index (κ2) is 7.21. The minimum Gasteiger partial charge on any atom is -0.467 e. The number of rotatable bonds is 3. The maximum absolute atomic E-state index is 13.5. The number of amides is 1. The average Bonchev–Trinajstić information content (AvgIpc) is 3.09. The van der Waals surface area contributed by atoms with Crippen molar-refractivity contribution < 1.29 is 14.0 Å². The van der Waals surface area contributed by atoms with E-state index in [4.69, 9.17) is 4.42 Å². The van der Waals surface area contributed by atoms with Crippen LogP contribution in [0.3, 0.4) is 0 Å². The van der Waals surface area contributed by atoms with Crippen LogP contribution < -0.4 is 10.2 Å². The van der Waals surface area contributed by atoms with Gasteiger partial charge < -0.3 is 9.73 Å². The van der Waals surface area contributed by atoms with Crippen LogP contribution in [-0.2, 0) is 9.59 Å². The Hall–Kier alpha value is -2.82. The van der Waals surface area contributed by atoms with Gasteiger partial charge in [0.05, 0.1) is 17.6 Å². The highest BCUT2D eigenvalue weighted by Crippen LogP contribution is 2.48. The fourth-order valence-corrected chi connectivity index (χ4v) is 4.43. The first-order chi connectivity index (χ1) is 13.8. The molecule has 2 aliphatic rings. The topological polar surface area (TPSA) is 62.6 Å². The number of nitrogens with zero attached hydrogens (tertiary/aromatic N) is 1. The molecule has 1 aliphatic carbocycles. The number of Topliss-reactive ketones (excluding diaryl/α,β-unsaturated/α-hetero) is 1. The summed E-state index contributed by atoms with van der Waals surface area (Å²) in [4.78, 5) is 28.6. The number of anilines is 2. The van der Waals surface area contributed by atoms with Crippen molar-refractivity contribution in [3.05, 3.63) is 59.7 Å². The number of hydrogen-bond donors (Lipinski definition) is 1. The molecule has 0 fully saturated rings. The van der Waals surface area contributed by atoms with E-state index >= 15 is 0 Å². The minimum absolute atomic E-state index is 0.0120. The summed E-state index contributed by atoms with van der Waals surface area (Å²) in [6, 6.07) is 10.9. The fraction of sp³-hybridized carbons (Fsp3) is 0.417. The maximum atomic E-state index is 13.5. The van der Waals surface area contributed by atoms with Gasteiger partial charge in [-0.15, -0.1) is 0 Å². The number of carbonyl (C=O) groups is 2. The molecule has 1 aromatic carbocycles. The molecule has 1 amide bonds. The SMILES string of the molecule is CC(C)CC(=O)N1c2ccccc2NC2=C(C(=O)CC(C)(C)C2)[C@H]1c1ccco1. The molecule has 1 aromatic heterocycles. The van der Waals surface area contributed by atoms with Crippen LogP contribution in [0.25, 0.3) is 0 Å². The van der Waals surface area contributed by atoms with Gasteiger partial charge in [0, 0.05) is 24.1 Å². The van der Waals surface area contributed by atoms with Gasteiger partial charge >= 0.3 is 0 Å². The lowest BCUT2D eigenvalue weighted by atomic mass is 9.74. The van der Waals surface area contributed by atoms with Crippen molar-refractivity contribution in [2.24, 2.45) is 11.3 Å². The normalized spacial score (nSPS) is 20.8. The van der Waals surface area contributed by atoms with Crippen molar-refractivity contribution in [2.45, 2.75) is 53.0 Å². The molecule has 1 atom stereocenters. The molecule has 0 bridgehead atoms. The molecule has 0 radical (unpaired) electrons. The second-order valence-electron chi connectivity index (χ2n) is 9.25. The van der Waals surface area contributed by atoms with Crippen LogP contribution >= 0.6 is 0 Å². The number of hydrogen-bond acceptors (Lipinski definition) is 4. The van der Waals surface area contributed by atoms with Crippen LogP contribution in [0, 0.1) is 11.3 Å². The summed E-state index contributed by atoms with van der Waals surface area (Å²) in [5, 5.41) is 3.50. The summed E-state index contributed by atoms with van der Waals surface area (Å²) < 4.78 is 5.77. The van der Waals surface area contributed by atoms with Crippen molar-refractivity contribution >= 4 is 23.1 Å². The molecule has 2 aromatic rings. The molecule has 1 aliphatic heterocycles. The van der Waals surface area contributed by atoms with E-state index in [0.717, 1.165) is 23.5 Å². The van der Waals surface area contributed by atoms with E-state index in [1.165, 1.54) is 0 Å². The zero-order chi connectivity index (χ0) is 20.8. The van der Waals surface area contributed by atoms with E-state index < -0.39 is 6.04 Å². The third-order valence-electron chi connectivity index (χ3n) is 5.56. The highest BCUT2D eigenvalue weighted by Gasteiger charge is 2.44. The van der Waals surface area contributed by atoms with Crippen molar-refractivity contribution in [1.82, 2.24) is 0 Å².